The van der Waals surface area contributed by atoms with Gasteiger partial charge in [-0.1, -0.05) is 123 Å². The average molecular weight is 693 g/mol. The molecule has 1 aliphatic rings. The van der Waals surface area contributed by atoms with Crippen molar-refractivity contribution in [2.24, 2.45) is 0 Å². The Kier molecular flexibility index (Phi) is 6.60. The summed E-state index contributed by atoms with van der Waals surface area (Å²) in [6.45, 7) is 4.68. The number of aromatic nitrogens is 1. The Labute approximate surface area is 314 Å². The Bertz CT molecular complexity index is 3030. The van der Waals surface area contributed by atoms with E-state index in [1.165, 1.54) is 55.2 Å². The Hall–Kier alpha value is -6.84. The van der Waals surface area contributed by atoms with E-state index < -0.39 is 0 Å². The monoisotopic (exact) mass is 692 g/mol. The maximum Gasteiger partial charge on any atom is 0.137 e. The topological polar surface area (TPSA) is 21.3 Å². The van der Waals surface area contributed by atoms with Crippen LogP contribution in [-0.4, -0.2) is 4.57 Å². The molecule has 0 unspecified atom stereocenters. The molecule has 0 spiro atoms. The molecule has 10 aromatic rings. The summed E-state index contributed by atoms with van der Waals surface area (Å²) in [6.07, 6.45) is 0. The van der Waals surface area contributed by atoms with Crippen LogP contribution in [0.4, 0.5) is 17.1 Å². The largest absolute Gasteiger partial charge is 0.456 e. The van der Waals surface area contributed by atoms with Crippen LogP contribution in [0.2, 0.25) is 0 Å². The maximum absolute atomic E-state index is 6.41. The fourth-order valence-electron chi connectivity index (χ4n) is 8.96. The van der Waals surface area contributed by atoms with Crippen LogP contribution in [0.25, 0.3) is 71.7 Å². The zero-order valence-corrected chi connectivity index (χ0v) is 30.1. The Morgan fingerprint density at radius 2 is 1.04 bits per heavy atom. The van der Waals surface area contributed by atoms with Crippen molar-refractivity contribution in [1.82, 2.24) is 4.57 Å². The van der Waals surface area contributed by atoms with Gasteiger partial charge in [0, 0.05) is 55.8 Å². The quantitative estimate of drug-likeness (QED) is 0.179. The van der Waals surface area contributed by atoms with Crippen LogP contribution in [-0.2, 0) is 5.41 Å². The van der Waals surface area contributed by atoms with Crippen molar-refractivity contribution in [3.63, 3.8) is 0 Å². The molecule has 2 heterocycles. The third-order valence-corrected chi connectivity index (χ3v) is 11.6. The number of fused-ring (bicyclic) bond motifs is 9. The van der Waals surface area contributed by atoms with E-state index in [1.807, 2.05) is 12.1 Å². The van der Waals surface area contributed by atoms with Crippen LogP contribution >= 0.6 is 0 Å². The number of furan rings is 1. The second kappa shape index (κ2) is 11.6. The van der Waals surface area contributed by atoms with Gasteiger partial charge in [-0.2, -0.15) is 0 Å². The minimum Gasteiger partial charge on any atom is -0.456 e. The van der Waals surface area contributed by atoms with E-state index in [0.717, 1.165) is 44.7 Å². The van der Waals surface area contributed by atoms with E-state index in [1.54, 1.807) is 0 Å². The summed E-state index contributed by atoms with van der Waals surface area (Å²) in [4.78, 5) is 2.37. The standard InChI is InChI=1S/C51H36N2O/c1-51(2)45-18-7-3-14-39(45)40-28-26-37(31-46(40)51)52(38-27-29-44-43-17-6-10-21-49(43)54-50(44)32-38)35-24-22-33(23-25-35)34-12-11-13-36(30-34)53-47-19-8-4-15-41(47)42-16-5-9-20-48(42)53/h3-32H,1-2H3. The first-order chi connectivity index (χ1) is 26.5. The first kappa shape index (κ1) is 30.8. The number of rotatable bonds is 5. The fourth-order valence-corrected chi connectivity index (χ4v) is 8.96. The lowest BCUT2D eigenvalue weighted by molar-refractivity contribution is 0.660. The molecular formula is C51H36N2O. The van der Waals surface area contributed by atoms with Crippen LogP contribution < -0.4 is 4.90 Å². The van der Waals surface area contributed by atoms with Gasteiger partial charge >= 0.3 is 0 Å². The summed E-state index contributed by atoms with van der Waals surface area (Å²) in [6, 6.07) is 65.9. The molecule has 11 rings (SSSR count). The number of hydrogen-bond donors (Lipinski definition) is 0. The summed E-state index contributed by atoms with van der Waals surface area (Å²) in [5.74, 6) is 0. The molecule has 0 N–H and O–H groups in total. The molecule has 8 aromatic carbocycles. The summed E-state index contributed by atoms with van der Waals surface area (Å²) in [5, 5.41) is 4.79. The Morgan fingerprint density at radius 3 is 1.83 bits per heavy atom. The van der Waals surface area contributed by atoms with Crippen molar-refractivity contribution < 1.29 is 4.42 Å². The average Bonchev–Trinajstić information content (AvgIpc) is 3.84. The third-order valence-electron chi connectivity index (χ3n) is 11.6. The fraction of sp³-hybridized carbons (Fsp3) is 0.0588. The van der Waals surface area contributed by atoms with E-state index in [0.29, 0.717) is 0 Å². The second-order valence-corrected chi connectivity index (χ2v) is 15.0. The van der Waals surface area contributed by atoms with Gasteiger partial charge in [-0.3, -0.25) is 0 Å². The lowest BCUT2D eigenvalue weighted by Crippen LogP contribution is -2.16. The van der Waals surface area contributed by atoms with Gasteiger partial charge < -0.3 is 13.9 Å². The van der Waals surface area contributed by atoms with Gasteiger partial charge in [0.05, 0.1) is 11.0 Å². The molecule has 3 heteroatoms. The molecule has 2 aromatic heterocycles. The van der Waals surface area contributed by atoms with E-state index >= 15 is 0 Å². The summed E-state index contributed by atoms with van der Waals surface area (Å²) in [5.41, 5.74) is 16.2. The predicted molar refractivity (Wildman–Crippen MR) is 226 cm³/mol. The molecule has 0 saturated carbocycles. The summed E-state index contributed by atoms with van der Waals surface area (Å²) in [7, 11) is 0. The molecule has 0 saturated heterocycles. The van der Waals surface area contributed by atoms with Crippen molar-refractivity contribution in [3.05, 3.63) is 193 Å². The summed E-state index contributed by atoms with van der Waals surface area (Å²) >= 11 is 0. The highest BCUT2D eigenvalue weighted by Crippen LogP contribution is 2.51. The Morgan fingerprint density at radius 1 is 0.426 bits per heavy atom. The minimum atomic E-state index is -0.110. The first-order valence-corrected chi connectivity index (χ1v) is 18.7. The third kappa shape index (κ3) is 4.55. The van der Waals surface area contributed by atoms with E-state index in [4.69, 9.17) is 4.42 Å². The molecule has 0 radical (unpaired) electrons. The van der Waals surface area contributed by atoms with Crippen LogP contribution in [0.5, 0.6) is 0 Å². The number of anilines is 3. The van der Waals surface area contributed by atoms with Crippen molar-refractivity contribution in [2.75, 3.05) is 4.90 Å². The normalized spacial score (nSPS) is 13.1. The summed E-state index contributed by atoms with van der Waals surface area (Å²) < 4.78 is 8.79. The van der Waals surface area contributed by atoms with Gasteiger partial charge in [0.2, 0.25) is 0 Å². The maximum atomic E-state index is 6.41. The minimum absolute atomic E-state index is 0.110. The first-order valence-electron chi connectivity index (χ1n) is 18.7. The van der Waals surface area contributed by atoms with Crippen molar-refractivity contribution >= 4 is 60.8 Å². The van der Waals surface area contributed by atoms with E-state index in [9.17, 15) is 0 Å². The van der Waals surface area contributed by atoms with Crippen LogP contribution in [0.1, 0.15) is 25.0 Å². The molecule has 1 aliphatic carbocycles. The van der Waals surface area contributed by atoms with Crippen molar-refractivity contribution in [3.8, 4) is 27.9 Å². The second-order valence-electron chi connectivity index (χ2n) is 15.0. The molecule has 54 heavy (non-hydrogen) atoms. The molecule has 0 amide bonds. The highest BCUT2D eigenvalue weighted by Gasteiger charge is 2.35. The van der Waals surface area contributed by atoms with Gasteiger partial charge in [-0.05, 0) is 100 Å². The number of para-hydroxylation sites is 3. The molecule has 0 bridgehead atoms. The van der Waals surface area contributed by atoms with Crippen molar-refractivity contribution in [1.29, 1.82) is 0 Å². The smallest absolute Gasteiger partial charge is 0.137 e. The SMILES string of the molecule is CC1(C)c2ccccc2-c2ccc(N(c3ccc(-c4cccc(-n5c6ccccc6c6ccccc65)c4)cc3)c3ccc4c(c3)oc3ccccc34)cc21. The molecule has 0 atom stereocenters. The van der Waals surface area contributed by atoms with E-state index in [-0.39, 0.29) is 5.41 Å². The molecular weight excluding hydrogens is 657 g/mol. The van der Waals surface area contributed by atoms with Gasteiger partial charge in [-0.15, -0.1) is 0 Å². The van der Waals surface area contributed by atoms with Crippen LogP contribution in [0.3, 0.4) is 0 Å². The number of hydrogen-bond acceptors (Lipinski definition) is 2. The highest BCUT2D eigenvalue weighted by atomic mass is 16.3. The van der Waals surface area contributed by atoms with Gasteiger partial charge in [0.15, 0.2) is 0 Å². The number of nitrogens with zero attached hydrogens (tertiary/aromatic N) is 2. The molecule has 256 valence electrons. The zero-order chi connectivity index (χ0) is 36.0. The zero-order valence-electron chi connectivity index (χ0n) is 30.1. The molecule has 0 aliphatic heterocycles. The van der Waals surface area contributed by atoms with Crippen LogP contribution in [0.15, 0.2) is 186 Å². The lowest BCUT2D eigenvalue weighted by atomic mass is 9.82. The molecule has 3 nitrogen and oxygen atoms in total. The van der Waals surface area contributed by atoms with Gasteiger partial charge in [0.1, 0.15) is 11.2 Å². The Balaban J connectivity index is 1.03. The van der Waals surface area contributed by atoms with Crippen molar-refractivity contribution in [2.45, 2.75) is 19.3 Å². The van der Waals surface area contributed by atoms with E-state index in [2.05, 4.69) is 193 Å². The highest BCUT2D eigenvalue weighted by molar-refractivity contribution is 6.09. The number of benzene rings is 8. The lowest BCUT2D eigenvalue weighted by Gasteiger charge is -2.28. The van der Waals surface area contributed by atoms with Gasteiger partial charge in [0.25, 0.3) is 0 Å². The van der Waals surface area contributed by atoms with Gasteiger partial charge in [-0.25, -0.2) is 0 Å². The molecule has 0 fully saturated rings. The van der Waals surface area contributed by atoms with Crippen LogP contribution in [0, 0.1) is 0 Å². The predicted octanol–water partition coefficient (Wildman–Crippen LogP) is 14.1.